The summed E-state index contributed by atoms with van der Waals surface area (Å²) >= 11 is 0. The number of aryl methyl sites for hydroxylation is 1. The Bertz CT molecular complexity index is 486. The molecule has 0 aliphatic carbocycles. The van der Waals surface area contributed by atoms with E-state index in [1.807, 2.05) is 29.2 Å². The lowest BCUT2D eigenvalue weighted by Gasteiger charge is -2.26. The van der Waals surface area contributed by atoms with Crippen LogP contribution in [0.1, 0.15) is 38.2 Å². The summed E-state index contributed by atoms with van der Waals surface area (Å²) in [6, 6.07) is 7.93. The molecule has 2 rings (SSSR count). The fourth-order valence-corrected chi connectivity index (χ4v) is 2.91. The zero-order valence-corrected chi connectivity index (χ0v) is 13.9. The van der Waals surface area contributed by atoms with E-state index >= 15 is 0 Å². The first kappa shape index (κ1) is 16.8. The predicted octanol–water partition coefficient (Wildman–Crippen LogP) is 3.05. The lowest BCUT2D eigenvalue weighted by atomic mass is 9.97. The number of nitrogens with zero attached hydrogens (tertiary/aromatic N) is 1. The smallest absolute Gasteiger partial charge is 0.222 e. The van der Waals surface area contributed by atoms with Crippen LogP contribution < -0.4 is 4.74 Å². The van der Waals surface area contributed by atoms with E-state index < -0.39 is 0 Å². The predicted molar refractivity (Wildman–Crippen MR) is 87.2 cm³/mol. The molecule has 1 amide bonds. The number of rotatable bonds is 5. The molecule has 0 aromatic heterocycles. The normalized spacial score (nSPS) is 22.2. The van der Waals surface area contributed by atoms with Crippen molar-refractivity contribution in [1.29, 1.82) is 0 Å². The molecule has 1 aromatic rings. The number of benzene rings is 1. The first-order valence-corrected chi connectivity index (χ1v) is 8.02. The second kappa shape index (κ2) is 7.63. The molecule has 1 aliphatic heterocycles. The van der Waals surface area contributed by atoms with Crippen LogP contribution >= 0.6 is 0 Å². The first-order valence-electron chi connectivity index (χ1n) is 8.02. The van der Waals surface area contributed by atoms with Gasteiger partial charge in [-0.2, -0.15) is 0 Å². The van der Waals surface area contributed by atoms with Gasteiger partial charge in [-0.1, -0.05) is 12.1 Å². The summed E-state index contributed by atoms with van der Waals surface area (Å²) in [6.07, 6.45) is 4.29. The molecule has 4 nitrogen and oxygen atoms in total. The van der Waals surface area contributed by atoms with Gasteiger partial charge in [0.1, 0.15) is 5.75 Å². The average Bonchev–Trinajstić information content (AvgIpc) is 2.75. The van der Waals surface area contributed by atoms with Gasteiger partial charge in [-0.05, 0) is 50.3 Å². The molecule has 1 saturated heterocycles. The van der Waals surface area contributed by atoms with Crippen LogP contribution in [0.15, 0.2) is 24.3 Å². The van der Waals surface area contributed by atoms with Crippen molar-refractivity contribution in [2.24, 2.45) is 0 Å². The van der Waals surface area contributed by atoms with Crippen molar-refractivity contribution >= 4 is 5.91 Å². The van der Waals surface area contributed by atoms with Gasteiger partial charge in [-0.25, -0.2) is 0 Å². The Labute approximate surface area is 133 Å². The molecule has 0 radical (unpaired) electrons. The van der Waals surface area contributed by atoms with E-state index in [1.54, 1.807) is 14.2 Å². The maximum Gasteiger partial charge on any atom is 0.222 e. The number of hydrogen-bond acceptors (Lipinski definition) is 3. The van der Waals surface area contributed by atoms with Crippen LogP contribution in [0, 0.1) is 0 Å². The molecule has 0 saturated carbocycles. The molecule has 0 N–H and O–H groups in total. The Morgan fingerprint density at radius 3 is 2.55 bits per heavy atom. The maximum absolute atomic E-state index is 12.4. The van der Waals surface area contributed by atoms with Crippen molar-refractivity contribution in [3.8, 4) is 5.75 Å². The van der Waals surface area contributed by atoms with Crippen LogP contribution in [0.25, 0.3) is 0 Å². The van der Waals surface area contributed by atoms with Crippen LogP contribution in [0.2, 0.25) is 0 Å². The minimum atomic E-state index is -0.0784. The fraction of sp³-hybridized carbons (Fsp3) is 0.611. The van der Waals surface area contributed by atoms with Crippen molar-refractivity contribution in [2.45, 2.75) is 44.6 Å². The summed E-state index contributed by atoms with van der Waals surface area (Å²) in [5.41, 5.74) is 1.09. The number of amides is 1. The van der Waals surface area contributed by atoms with E-state index in [0.717, 1.165) is 44.5 Å². The van der Waals surface area contributed by atoms with Crippen LogP contribution in [-0.2, 0) is 16.0 Å². The minimum Gasteiger partial charge on any atom is -0.497 e. The van der Waals surface area contributed by atoms with E-state index in [2.05, 4.69) is 6.92 Å². The third-order valence-electron chi connectivity index (χ3n) is 4.68. The topological polar surface area (TPSA) is 38.8 Å². The Balaban J connectivity index is 1.84. The highest BCUT2D eigenvalue weighted by molar-refractivity contribution is 5.76. The lowest BCUT2D eigenvalue weighted by molar-refractivity contribution is -0.131. The van der Waals surface area contributed by atoms with Gasteiger partial charge in [0.25, 0.3) is 0 Å². The van der Waals surface area contributed by atoms with E-state index in [-0.39, 0.29) is 11.5 Å². The third-order valence-corrected chi connectivity index (χ3v) is 4.68. The van der Waals surface area contributed by atoms with Crippen LogP contribution in [-0.4, -0.2) is 43.7 Å². The Morgan fingerprint density at radius 2 is 1.91 bits per heavy atom. The van der Waals surface area contributed by atoms with Crippen molar-refractivity contribution in [3.05, 3.63) is 29.8 Å². The van der Waals surface area contributed by atoms with Crippen LogP contribution in [0.4, 0.5) is 0 Å². The molecule has 1 atom stereocenters. The van der Waals surface area contributed by atoms with Gasteiger partial charge < -0.3 is 14.4 Å². The summed E-state index contributed by atoms with van der Waals surface area (Å²) in [5, 5.41) is 0. The number of ether oxygens (including phenoxy) is 2. The highest BCUT2D eigenvalue weighted by atomic mass is 16.5. The third kappa shape index (κ3) is 4.47. The zero-order valence-electron chi connectivity index (χ0n) is 13.9. The Hall–Kier alpha value is -1.55. The van der Waals surface area contributed by atoms with Gasteiger partial charge in [-0.15, -0.1) is 0 Å². The number of methoxy groups -OCH3 is 2. The molecule has 1 aliphatic rings. The molecule has 1 aromatic carbocycles. The fourth-order valence-electron chi connectivity index (χ4n) is 2.91. The quantitative estimate of drug-likeness (QED) is 0.839. The number of carbonyl (C=O) groups excluding carboxylic acids is 1. The van der Waals surface area contributed by atoms with Crippen molar-refractivity contribution in [2.75, 3.05) is 27.3 Å². The summed E-state index contributed by atoms with van der Waals surface area (Å²) in [6.45, 7) is 3.78. The van der Waals surface area contributed by atoms with Crippen LogP contribution in [0.3, 0.4) is 0 Å². The number of hydrogen-bond donors (Lipinski definition) is 0. The van der Waals surface area contributed by atoms with Gasteiger partial charge >= 0.3 is 0 Å². The second-order valence-corrected chi connectivity index (χ2v) is 6.24. The van der Waals surface area contributed by atoms with E-state index in [0.29, 0.717) is 6.42 Å². The highest BCUT2D eigenvalue weighted by Gasteiger charge is 2.28. The van der Waals surface area contributed by atoms with Gasteiger partial charge in [0.15, 0.2) is 0 Å². The molecular formula is C18H27NO3. The summed E-state index contributed by atoms with van der Waals surface area (Å²) in [7, 11) is 3.42. The SMILES string of the molecule is COc1ccc(CCC(=O)N2CCC[C@@](C)(OC)CC2)cc1. The van der Waals surface area contributed by atoms with Gasteiger partial charge in [0, 0.05) is 26.6 Å². The molecule has 22 heavy (non-hydrogen) atoms. The van der Waals surface area contributed by atoms with Crippen molar-refractivity contribution < 1.29 is 14.3 Å². The summed E-state index contributed by atoms with van der Waals surface area (Å²) in [5.74, 6) is 1.10. The van der Waals surface area contributed by atoms with Crippen molar-refractivity contribution in [1.82, 2.24) is 4.90 Å². The van der Waals surface area contributed by atoms with Gasteiger partial charge in [0.2, 0.25) is 5.91 Å². The zero-order chi connectivity index (χ0) is 16.0. The standard InChI is InChI=1S/C18H27NO3/c1-18(22-3)11-4-13-19(14-12-18)17(20)10-7-15-5-8-16(21-2)9-6-15/h5-6,8-9H,4,7,10-14H2,1-3H3/t18-/m1/s1. The molecule has 1 fully saturated rings. The largest absolute Gasteiger partial charge is 0.497 e. The van der Waals surface area contributed by atoms with Crippen LogP contribution in [0.5, 0.6) is 5.75 Å². The molecule has 0 bridgehead atoms. The molecule has 122 valence electrons. The summed E-state index contributed by atoms with van der Waals surface area (Å²) < 4.78 is 10.7. The van der Waals surface area contributed by atoms with Gasteiger partial charge in [0.05, 0.1) is 12.7 Å². The molecular weight excluding hydrogens is 278 g/mol. The van der Waals surface area contributed by atoms with E-state index in [4.69, 9.17) is 9.47 Å². The highest BCUT2D eigenvalue weighted by Crippen LogP contribution is 2.25. The minimum absolute atomic E-state index is 0.0784. The second-order valence-electron chi connectivity index (χ2n) is 6.24. The van der Waals surface area contributed by atoms with E-state index in [1.165, 1.54) is 5.56 Å². The first-order chi connectivity index (χ1) is 10.6. The monoisotopic (exact) mass is 305 g/mol. The van der Waals surface area contributed by atoms with E-state index in [9.17, 15) is 4.79 Å². The Morgan fingerprint density at radius 1 is 1.18 bits per heavy atom. The van der Waals surface area contributed by atoms with Crippen molar-refractivity contribution in [3.63, 3.8) is 0 Å². The number of carbonyl (C=O) groups is 1. The molecule has 0 spiro atoms. The Kier molecular flexibility index (Phi) is 5.83. The maximum atomic E-state index is 12.4. The average molecular weight is 305 g/mol. The lowest BCUT2D eigenvalue weighted by Crippen LogP contribution is -2.34. The molecule has 1 heterocycles. The molecule has 4 heteroatoms. The van der Waals surface area contributed by atoms with Gasteiger partial charge in [-0.3, -0.25) is 4.79 Å². The molecule has 0 unspecified atom stereocenters. The number of likely N-dealkylation sites (tertiary alicyclic amines) is 1. The summed E-state index contributed by atoms with van der Waals surface area (Å²) in [4.78, 5) is 14.4.